The van der Waals surface area contributed by atoms with Crippen molar-refractivity contribution in [2.24, 2.45) is 0 Å². The predicted molar refractivity (Wildman–Crippen MR) is 119 cm³/mol. The second kappa shape index (κ2) is 8.61. The number of hydrogen-bond donors (Lipinski definition) is 1. The van der Waals surface area contributed by atoms with Gasteiger partial charge in [-0.05, 0) is 46.4 Å². The lowest BCUT2D eigenvalue weighted by molar-refractivity contribution is 0.397. The number of nitriles is 1. The van der Waals surface area contributed by atoms with E-state index in [1.165, 1.54) is 0 Å². The number of methoxy groups -OCH3 is 1. The van der Waals surface area contributed by atoms with Gasteiger partial charge in [-0.3, -0.25) is 0 Å². The van der Waals surface area contributed by atoms with Crippen molar-refractivity contribution in [1.82, 2.24) is 15.0 Å². The second-order valence-electron chi connectivity index (χ2n) is 6.65. The van der Waals surface area contributed by atoms with Crippen LogP contribution in [0.1, 0.15) is 22.4 Å². The maximum Gasteiger partial charge on any atom is 0.212 e. The van der Waals surface area contributed by atoms with Gasteiger partial charge in [0.1, 0.15) is 18.2 Å². The Morgan fingerprint density at radius 1 is 1.24 bits per heavy atom. The van der Waals surface area contributed by atoms with Crippen LogP contribution in [-0.4, -0.2) is 28.6 Å². The SMILES string of the molecule is COc1ccc(CNc2ncnc3c2CN(c2ccc(I)cc2C#N)CC3)cn1. The summed E-state index contributed by atoms with van der Waals surface area (Å²) in [5.74, 6) is 1.41. The van der Waals surface area contributed by atoms with E-state index in [0.29, 0.717) is 24.5 Å². The number of benzene rings is 1. The van der Waals surface area contributed by atoms with Crippen LogP contribution in [0.5, 0.6) is 5.88 Å². The molecule has 29 heavy (non-hydrogen) atoms. The van der Waals surface area contributed by atoms with E-state index in [9.17, 15) is 5.26 Å². The molecule has 0 unspecified atom stereocenters. The van der Waals surface area contributed by atoms with Crippen molar-refractivity contribution in [2.75, 3.05) is 23.9 Å². The molecular weight excluding hydrogens is 479 g/mol. The standard InChI is InChI=1S/C21H19IN6O/c1-29-20-5-2-14(10-24-20)11-25-21-17-12-28(7-6-18(17)26-13-27-21)19-4-3-16(22)8-15(19)9-23/h2-5,8,10,13H,6-7,11-12H2,1H3,(H,25,26,27). The van der Waals surface area contributed by atoms with Crippen LogP contribution in [0, 0.1) is 14.9 Å². The maximum atomic E-state index is 9.54. The first kappa shape index (κ1) is 19.4. The van der Waals surface area contributed by atoms with Gasteiger partial charge in [0.15, 0.2) is 0 Å². The number of pyridine rings is 1. The largest absolute Gasteiger partial charge is 0.481 e. The molecule has 0 saturated heterocycles. The Bertz CT molecular complexity index is 1060. The summed E-state index contributed by atoms with van der Waals surface area (Å²) in [7, 11) is 1.60. The molecule has 0 bridgehead atoms. The minimum atomic E-state index is 0.592. The van der Waals surface area contributed by atoms with Crippen molar-refractivity contribution in [3.63, 3.8) is 0 Å². The zero-order valence-electron chi connectivity index (χ0n) is 15.9. The van der Waals surface area contributed by atoms with Gasteiger partial charge in [-0.15, -0.1) is 0 Å². The molecule has 0 saturated carbocycles. The lowest BCUT2D eigenvalue weighted by atomic mass is 10.0. The Morgan fingerprint density at radius 3 is 2.90 bits per heavy atom. The molecule has 3 aromatic rings. The van der Waals surface area contributed by atoms with E-state index in [0.717, 1.165) is 44.9 Å². The van der Waals surface area contributed by atoms with E-state index in [4.69, 9.17) is 4.74 Å². The van der Waals surface area contributed by atoms with E-state index >= 15 is 0 Å². The van der Waals surface area contributed by atoms with Gasteiger partial charge in [0.05, 0.1) is 24.1 Å². The molecule has 7 nitrogen and oxygen atoms in total. The molecule has 0 radical (unpaired) electrons. The number of anilines is 2. The highest BCUT2D eigenvalue weighted by Crippen LogP contribution is 2.30. The predicted octanol–water partition coefficient (Wildman–Crippen LogP) is 3.53. The third kappa shape index (κ3) is 4.24. The van der Waals surface area contributed by atoms with E-state index < -0.39 is 0 Å². The number of hydrogen-bond acceptors (Lipinski definition) is 7. The zero-order chi connectivity index (χ0) is 20.2. The second-order valence-corrected chi connectivity index (χ2v) is 7.90. The lowest BCUT2D eigenvalue weighted by Crippen LogP contribution is -2.32. The van der Waals surface area contributed by atoms with Gasteiger partial charge in [-0.25, -0.2) is 15.0 Å². The number of nitrogens with zero attached hydrogens (tertiary/aromatic N) is 5. The van der Waals surface area contributed by atoms with Crippen molar-refractivity contribution in [3.05, 3.63) is 68.8 Å². The van der Waals surface area contributed by atoms with Gasteiger partial charge in [0, 0.05) is 47.5 Å². The highest BCUT2D eigenvalue weighted by molar-refractivity contribution is 14.1. The number of fused-ring (bicyclic) bond motifs is 1. The van der Waals surface area contributed by atoms with Gasteiger partial charge >= 0.3 is 0 Å². The fourth-order valence-corrected chi connectivity index (χ4v) is 3.89. The molecule has 0 atom stereocenters. The normalized spacial score (nSPS) is 12.8. The Morgan fingerprint density at radius 2 is 2.14 bits per heavy atom. The molecule has 0 fully saturated rings. The molecule has 1 aliphatic heterocycles. The Hall–Kier alpha value is -2.93. The molecule has 2 aromatic heterocycles. The minimum Gasteiger partial charge on any atom is -0.481 e. The van der Waals surface area contributed by atoms with Crippen LogP contribution in [0.25, 0.3) is 0 Å². The molecule has 1 N–H and O–H groups in total. The third-order valence-corrected chi connectivity index (χ3v) is 5.56. The summed E-state index contributed by atoms with van der Waals surface area (Å²) < 4.78 is 6.16. The maximum absolute atomic E-state index is 9.54. The third-order valence-electron chi connectivity index (χ3n) is 4.89. The number of halogens is 1. The van der Waals surface area contributed by atoms with Gasteiger partial charge in [0.2, 0.25) is 5.88 Å². The zero-order valence-corrected chi connectivity index (χ0v) is 18.0. The Labute approximate surface area is 182 Å². The van der Waals surface area contributed by atoms with Crippen LogP contribution >= 0.6 is 22.6 Å². The van der Waals surface area contributed by atoms with E-state index in [-0.39, 0.29) is 0 Å². The van der Waals surface area contributed by atoms with Crippen molar-refractivity contribution >= 4 is 34.1 Å². The smallest absolute Gasteiger partial charge is 0.212 e. The number of rotatable bonds is 5. The summed E-state index contributed by atoms with van der Waals surface area (Å²) in [6, 6.07) is 12.1. The molecule has 8 heteroatoms. The van der Waals surface area contributed by atoms with Gasteiger partial charge < -0.3 is 15.0 Å². The van der Waals surface area contributed by atoms with Crippen LogP contribution in [0.2, 0.25) is 0 Å². The van der Waals surface area contributed by atoms with Crippen LogP contribution in [0.15, 0.2) is 42.9 Å². The molecule has 3 heterocycles. The van der Waals surface area contributed by atoms with E-state index in [2.05, 4.69) is 53.8 Å². The molecule has 1 aliphatic rings. The first-order valence-corrected chi connectivity index (χ1v) is 10.3. The van der Waals surface area contributed by atoms with Crippen molar-refractivity contribution < 1.29 is 4.74 Å². The van der Waals surface area contributed by atoms with E-state index in [1.54, 1.807) is 19.6 Å². The van der Waals surface area contributed by atoms with E-state index in [1.807, 2.05) is 30.3 Å². The fourth-order valence-electron chi connectivity index (χ4n) is 3.39. The fraction of sp³-hybridized carbons (Fsp3) is 0.238. The Kier molecular flexibility index (Phi) is 5.76. The molecular formula is C21H19IN6O. The number of nitrogens with one attached hydrogen (secondary N) is 1. The molecule has 4 rings (SSSR count). The van der Waals surface area contributed by atoms with Crippen molar-refractivity contribution in [3.8, 4) is 11.9 Å². The average Bonchev–Trinajstić information content (AvgIpc) is 2.77. The van der Waals surface area contributed by atoms with Crippen LogP contribution < -0.4 is 15.0 Å². The average molecular weight is 498 g/mol. The molecule has 146 valence electrons. The summed E-state index contributed by atoms with van der Waals surface area (Å²) in [4.78, 5) is 15.4. The van der Waals surface area contributed by atoms with Crippen molar-refractivity contribution in [1.29, 1.82) is 5.26 Å². The molecule has 0 spiro atoms. The van der Waals surface area contributed by atoms with Gasteiger partial charge in [-0.2, -0.15) is 5.26 Å². The lowest BCUT2D eigenvalue weighted by Gasteiger charge is -2.31. The molecule has 0 aliphatic carbocycles. The summed E-state index contributed by atoms with van der Waals surface area (Å²) in [6.07, 6.45) is 4.21. The number of aromatic nitrogens is 3. The minimum absolute atomic E-state index is 0.592. The van der Waals surface area contributed by atoms with Gasteiger partial charge in [0.25, 0.3) is 0 Å². The van der Waals surface area contributed by atoms with Crippen LogP contribution in [0.4, 0.5) is 11.5 Å². The van der Waals surface area contributed by atoms with Gasteiger partial charge in [-0.1, -0.05) is 6.07 Å². The number of ether oxygens (including phenoxy) is 1. The highest BCUT2D eigenvalue weighted by Gasteiger charge is 2.23. The summed E-state index contributed by atoms with van der Waals surface area (Å²) in [5.41, 5.74) is 4.80. The summed E-state index contributed by atoms with van der Waals surface area (Å²) >= 11 is 2.23. The summed E-state index contributed by atoms with van der Waals surface area (Å²) in [6.45, 7) is 2.09. The first-order valence-electron chi connectivity index (χ1n) is 9.18. The topological polar surface area (TPSA) is 87.0 Å². The first-order chi connectivity index (χ1) is 14.2. The molecule has 0 amide bonds. The quantitative estimate of drug-likeness (QED) is 0.539. The van der Waals surface area contributed by atoms with Crippen molar-refractivity contribution in [2.45, 2.75) is 19.5 Å². The van der Waals surface area contributed by atoms with Crippen LogP contribution in [-0.2, 0) is 19.5 Å². The monoisotopic (exact) mass is 498 g/mol. The molecule has 1 aromatic carbocycles. The highest BCUT2D eigenvalue weighted by atomic mass is 127. The Balaban J connectivity index is 1.55. The van der Waals surface area contributed by atoms with Crippen LogP contribution in [0.3, 0.4) is 0 Å². The summed E-state index contributed by atoms with van der Waals surface area (Å²) in [5, 5.41) is 13.0.